The Morgan fingerprint density at radius 2 is 2.00 bits per heavy atom. The number of phenols is 1. The summed E-state index contributed by atoms with van der Waals surface area (Å²) in [6, 6.07) is 15.6. The van der Waals surface area contributed by atoms with Gasteiger partial charge >= 0.3 is 5.97 Å². The third kappa shape index (κ3) is 3.98. The van der Waals surface area contributed by atoms with Crippen LogP contribution in [0.2, 0.25) is 0 Å². The number of nitrogen functional groups attached to an aromatic ring is 1. The van der Waals surface area contributed by atoms with E-state index in [1.54, 1.807) is 24.3 Å². The number of piperidine rings is 1. The van der Waals surface area contributed by atoms with E-state index < -0.39 is 5.97 Å². The van der Waals surface area contributed by atoms with Crippen molar-refractivity contribution in [2.45, 2.75) is 18.8 Å². The fourth-order valence-electron chi connectivity index (χ4n) is 4.06. The fourth-order valence-corrected chi connectivity index (χ4v) is 4.06. The summed E-state index contributed by atoms with van der Waals surface area (Å²) in [4.78, 5) is 13.3. The Hall–Kier alpha value is -4.12. The molecule has 4 rings (SSSR count). The number of carboxylic acid groups (broad SMARTS) is 1. The van der Waals surface area contributed by atoms with Gasteiger partial charge < -0.3 is 20.8 Å². The van der Waals surface area contributed by atoms with Gasteiger partial charge in [0.15, 0.2) is 5.82 Å². The Labute approximate surface area is 179 Å². The maximum atomic E-state index is 11.2. The molecule has 0 radical (unpaired) electrons. The van der Waals surface area contributed by atoms with E-state index in [-0.39, 0.29) is 17.2 Å². The second-order valence-corrected chi connectivity index (χ2v) is 7.52. The monoisotopic (exact) mass is 415 g/mol. The van der Waals surface area contributed by atoms with Crippen LogP contribution < -0.4 is 10.6 Å². The molecule has 0 amide bonds. The quantitative estimate of drug-likeness (QED) is 0.590. The zero-order valence-corrected chi connectivity index (χ0v) is 16.7. The minimum absolute atomic E-state index is 0.0485. The second-order valence-electron chi connectivity index (χ2n) is 7.52. The summed E-state index contributed by atoms with van der Waals surface area (Å²) in [5.74, 6) is -0.601. The third-order valence-electron chi connectivity index (χ3n) is 5.60. The number of anilines is 2. The average molecular weight is 415 g/mol. The summed E-state index contributed by atoms with van der Waals surface area (Å²) in [6.07, 6.45) is 1.76. The fraction of sp³-hybridized carbons (Fsp3) is 0.217. The molecule has 0 spiro atoms. The minimum atomic E-state index is -1.05. The van der Waals surface area contributed by atoms with Gasteiger partial charge in [-0.3, -0.25) is 0 Å². The molecule has 1 atom stereocenters. The van der Waals surface area contributed by atoms with Crippen molar-refractivity contribution in [1.82, 2.24) is 10.2 Å². The van der Waals surface area contributed by atoms with Crippen LogP contribution in [0, 0.1) is 11.3 Å². The number of rotatable bonds is 4. The highest BCUT2D eigenvalue weighted by atomic mass is 16.4. The number of aromatic hydroxyl groups is 1. The third-order valence-corrected chi connectivity index (χ3v) is 5.60. The zero-order valence-electron chi connectivity index (χ0n) is 16.7. The van der Waals surface area contributed by atoms with E-state index in [1.165, 1.54) is 12.1 Å². The molecular formula is C23H21N5O3. The van der Waals surface area contributed by atoms with E-state index in [0.29, 0.717) is 29.2 Å². The van der Waals surface area contributed by atoms with Crippen molar-refractivity contribution in [3.05, 3.63) is 65.2 Å². The number of aromatic nitrogens is 2. The number of nitriles is 1. The highest BCUT2D eigenvalue weighted by Crippen LogP contribution is 2.36. The molecule has 156 valence electrons. The molecule has 1 saturated heterocycles. The normalized spacial score (nSPS) is 16.0. The molecule has 31 heavy (non-hydrogen) atoms. The molecule has 1 aliphatic heterocycles. The Bertz CT molecular complexity index is 1190. The number of benzene rings is 2. The number of hydrogen-bond acceptors (Lipinski definition) is 7. The van der Waals surface area contributed by atoms with E-state index >= 15 is 0 Å². The number of phenolic OH excluding ortho intramolecular Hbond substituents is 1. The van der Waals surface area contributed by atoms with Gasteiger partial charge in [-0.15, -0.1) is 10.2 Å². The van der Waals surface area contributed by atoms with Crippen molar-refractivity contribution in [3.8, 4) is 23.1 Å². The lowest BCUT2D eigenvalue weighted by Crippen LogP contribution is -2.35. The molecule has 8 nitrogen and oxygen atoms in total. The van der Waals surface area contributed by atoms with Crippen LogP contribution in [-0.4, -0.2) is 39.5 Å². The van der Waals surface area contributed by atoms with Crippen LogP contribution in [0.25, 0.3) is 11.3 Å². The molecule has 0 saturated carbocycles. The predicted molar refractivity (Wildman–Crippen MR) is 116 cm³/mol. The van der Waals surface area contributed by atoms with Crippen molar-refractivity contribution < 1.29 is 15.0 Å². The summed E-state index contributed by atoms with van der Waals surface area (Å²) >= 11 is 0. The van der Waals surface area contributed by atoms with Gasteiger partial charge in [-0.2, -0.15) is 5.26 Å². The van der Waals surface area contributed by atoms with Gasteiger partial charge in [-0.05, 0) is 48.7 Å². The number of carboxylic acids is 1. The summed E-state index contributed by atoms with van der Waals surface area (Å²) < 4.78 is 0. The molecule has 1 aromatic heterocycles. The van der Waals surface area contributed by atoms with Crippen LogP contribution in [0.4, 0.5) is 11.5 Å². The molecule has 4 N–H and O–H groups in total. The summed E-state index contributed by atoms with van der Waals surface area (Å²) in [5, 5.41) is 37.1. The molecule has 1 fully saturated rings. The number of hydrogen-bond donors (Lipinski definition) is 3. The Morgan fingerprint density at radius 3 is 2.74 bits per heavy atom. The lowest BCUT2D eigenvalue weighted by molar-refractivity contribution is 0.0697. The lowest BCUT2D eigenvalue weighted by atomic mass is 9.87. The lowest BCUT2D eigenvalue weighted by Gasteiger charge is -2.35. The van der Waals surface area contributed by atoms with Crippen LogP contribution in [0.1, 0.15) is 40.2 Å². The number of carbonyl (C=O) groups is 1. The molecule has 3 aromatic rings. The zero-order chi connectivity index (χ0) is 22.0. The Kier molecular flexibility index (Phi) is 5.41. The standard InChI is InChI=1S/C23H21N5O3/c24-12-16-10-14(23(30)31)7-8-17(16)15-4-3-9-28(13-15)20-11-19(26-27-22(20)25)18-5-1-2-6-21(18)29/h1-2,5-8,10-11,15,29H,3-4,9,13H2,(H2,25,27)(H,30,31). The first kappa shape index (κ1) is 20.2. The Morgan fingerprint density at radius 1 is 1.19 bits per heavy atom. The first-order valence-corrected chi connectivity index (χ1v) is 9.91. The van der Waals surface area contributed by atoms with E-state index in [9.17, 15) is 20.3 Å². The largest absolute Gasteiger partial charge is 0.507 e. The average Bonchev–Trinajstić information content (AvgIpc) is 2.79. The maximum absolute atomic E-state index is 11.2. The highest BCUT2D eigenvalue weighted by Gasteiger charge is 2.26. The number of para-hydroxylation sites is 1. The highest BCUT2D eigenvalue weighted by molar-refractivity contribution is 5.88. The van der Waals surface area contributed by atoms with Gasteiger partial charge in [0.25, 0.3) is 0 Å². The van der Waals surface area contributed by atoms with E-state index in [4.69, 9.17) is 5.73 Å². The van der Waals surface area contributed by atoms with E-state index in [2.05, 4.69) is 21.2 Å². The molecule has 1 unspecified atom stereocenters. The molecule has 2 aromatic carbocycles. The first-order chi connectivity index (χ1) is 15.0. The van der Waals surface area contributed by atoms with Gasteiger partial charge in [0.2, 0.25) is 0 Å². The van der Waals surface area contributed by atoms with Gasteiger partial charge in [-0.1, -0.05) is 18.2 Å². The number of nitrogens with zero attached hydrogens (tertiary/aromatic N) is 4. The molecule has 2 heterocycles. The Balaban J connectivity index is 1.66. The van der Waals surface area contributed by atoms with Crippen molar-refractivity contribution >= 4 is 17.5 Å². The SMILES string of the molecule is N#Cc1cc(C(=O)O)ccc1C1CCCN(c2cc(-c3ccccc3O)nnc2N)C1. The van der Waals surface area contributed by atoms with Gasteiger partial charge in [-0.25, -0.2) is 4.79 Å². The molecule has 0 aliphatic carbocycles. The van der Waals surface area contributed by atoms with Crippen molar-refractivity contribution in [2.75, 3.05) is 23.7 Å². The summed E-state index contributed by atoms with van der Waals surface area (Å²) in [7, 11) is 0. The smallest absolute Gasteiger partial charge is 0.335 e. The molecular weight excluding hydrogens is 394 g/mol. The molecule has 1 aliphatic rings. The van der Waals surface area contributed by atoms with Gasteiger partial charge in [0.1, 0.15) is 5.75 Å². The van der Waals surface area contributed by atoms with Crippen LogP contribution in [0.15, 0.2) is 48.5 Å². The first-order valence-electron chi connectivity index (χ1n) is 9.91. The van der Waals surface area contributed by atoms with Crippen molar-refractivity contribution in [1.29, 1.82) is 5.26 Å². The molecule has 8 heteroatoms. The van der Waals surface area contributed by atoms with Crippen LogP contribution in [0.3, 0.4) is 0 Å². The van der Waals surface area contributed by atoms with Gasteiger partial charge in [0, 0.05) is 24.6 Å². The summed E-state index contributed by atoms with van der Waals surface area (Å²) in [6.45, 7) is 1.37. The maximum Gasteiger partial charge on any atom is 0.335 e. The van der Waals surface area contributed by atoms with Crippen LogP contribution >= 0.6 is 0 Å². The van der Waals surface area contributed by atoms with Crippen LogP contribution in [0.5, 0.6) is 5.75 Å². The van der Waals surface area contributed by atoms with E-state index in [0.717, 1.165) is 30.6 Å². The number of nitrogens with two attached hydrogens (primary N) is 1. The second kappa shape index (κ2) is 8.32. The predicted octanol–water partition coefficient (Wildman–Crippen LogP) is 3.39. The molecule has 0 bridgehead atoms. The summed E-state index contributed by atoms with van der Waals surface area (Å²) in [5.41, 5.74) is 9.26. The van der Waals surface area contributed by atoms with Crippen molar-refractivity contribution in [3.63, 3.8) is 0 Å². The van der Waals surface area contributed by atoms with Crippen LogP contribution in [-0.2, 0) is 0 Å². The van der Waals surface area contributed by atoms with Crippen molar-refractivity contribution in [2.24, 2.45) is 0 Å². The van der Waals surface area contributed by atoms with Gasteiger partial charge in [0.05, 0.1) is 28.6 Å². The minimum Gasteiger partial charge on any atom is -0.507 e. The topological polar surface area (TPSA) is 136 Å². The number of aromatic carboxylic acids is 1. The van der Waals surface area contributed by atoms with E-state index in [1.807, 2.05) is 12.1 Å².